The molecule has 0 amide bonds. The van der Waals surface area contributed by atoms with Crippen molar-refractivity contribution in [2.45, 2.75) is 19.3 Å². The lowest BCUT2D eigenvalue weighted by Gasteiger charge is -1.96. The summed E-state index contributed by atoms with van der Waals surface area (Å²) in [7, 11) is 3.63. The van der Waals surface area contributed by atoms with Crippen LogP contribution in [-0.2, 0) is 17.6 Å². The van der Waals surface area contributed by atoms with Crippen LogP contribution in [0.2, 0.25) is 0 Å². The van der Waals surface area contributed by atoms with Gasteiger partial charge in [0.2, 0.25) is 0 Å². The Morgan fingerprint density at radius 1 is 1.50 bits per heavy atom. The minimum absolute atomic E-state index is 0.770. The molecule has 80 valence electrons. The molecule has 0 unspecified atom stereocenters. The summed E-state index contributed by atoms with van der Waals surface area (Å²) < 4.78 is 10.5. The summed E-state index contributed by atoms with van der Waals surface area (Å²) in [6.45, 7) is 1.67. The van der Waals surface area contributed by atoms with Gasteiger partial charge in [0.05, 0.1) is 6.20 Å². The maximum absolute atomic E-state index is 5.53. The van der Waals surface area contributed by atoms with Gasteiger partial charge >= 0.3 is 0 Å². The Balaban J connectivity index is 2.27. The summed E-state index contributed by atoms with van der Waals surface area (Å²) >= 11 is 0. The highest BCUT2D eigenvalue weighted by molar-refractivity contribution is 4.94. The van der Waals surface area contributed by atoms with Crippen LogP contribution in [0.1, 0.15) is 18.1 Å². The zero-order valence-corrected chi connectivity index (χ0v) is 8.88. The van der Waals surface area contributed by atoms with Crippen molar-refractivity contribution in [3.8, 4) is 0 Å². The Kier molecular flexibility index (Phi) is 5.25. The summed E-state index contributed by atoms with van der Waals surface area (Å²) in [4.78, 5) is 4.18. The Morgan fingerprint density at radius 2 is 2.36 bits per heavy atom. The summed E-state index contributed by atoms with van der Waals surface area (Å²) in [6.07, 6.45) is 4.54. The second kappa shape index (κ2) is 6.56. The van der Waals surface area contributed by atoms with Crippen molar-refractivity contribution in [3.05, 3.63) is 17.8 Å². The van der Waals surface area contributed by atoms with E-state index >= 15 is 0 Å². The maximum Gasteiger partial charge on any atom is 0.195 e. The van der Waals surface area contributed by atoms with E-state index in [0.29, 0.717) is 0 Å². The fraction of sp³-hybridized carbons (Fsp3) is 0.700. The SMILES string of the molecule is CNCCc1ncc(CCCOC)o1. The second-order valence-electron chi connectivity index (χ2n) is 3.17. The molecule has 14 heavy (non-hydrogen) atoms. The quantitative estimate of drug-likeness (QED) is 0.664. The van der Waals surface area contributed by atoms with Gasteiger partial charge in [0.25, 0.3) is 0 Å². The Labute approximate surface area is 84.7 Å². The standard InChI is InChI=1S/C10H18N2O2/c1-11-6-5-10-12-8-9(14-10)4-3-7-13-2/h8,11H,3-7H2,1-2H3. The molecular weight excluding hydrogens is 180 g/mol. The van der Waals surface area contributed by atoms with Gasteiger partial charge in [-0.15, -0.1) is 0 Å². The number of ether oxygens (including phenoxy) is 1. The number of nitrogens with one attached hydrogen (secondary N) is 1. The fourth-order valence-corrected chi connectivity index (χ4v) is 1.20. The number of aryl methyl sites for hydroxylation is 1. The summed E-state index contributed by atoms with van der Waals surface area (Å²) in [5, 5.41) is 3.06. The van der Waals surface area contributed by atoms with Gasteiger partial charge in [-0.1, -0.05) is 0 Å². The van der Waals surface area contributed by atoms with Crippen molar-refractivity contribution in [1.29, 1.82) is 0 Å². The number of methoxy groups -OCH3 is 1. The van der Waals surface area contributed by atoms with E-state index in [2.05, 4.69) is 10.3 Å². The van der Waals surface area contributed by atoms with Crippen LogP contribution in [0, 0.1) is 0 Å². The molecule has 4 nitrogen and oxygen atoms in total. The van der Waals surface area contributed by atoms with E-state index in [1.165, 1.54) is 0 Å². The molecule has 1 aromatic heterocycles. The van der Waals surface area contributed by atoms with E-state index in [0.717, 1.165) is 44.1 Å². The minimum Gasteiger partial charge on any atom is -0.446 e. The van der Waals surface area contributed by atoms with Gasteiger partial charge in [-0.05, 0) is 13.5 Å². The molecule has 0 fully saturated rings. The number of oxazole rings is 1. The molecule has 0 aliphatic carbocycles. The van der Waals surface area contributed by atoms with Crippen molar-refractivity contribution in [1.82, 2.24) is 10.3 Å². The van der Waals surface area contributed by atoms with Crippen LogP contribution < -0.4 is 5.32 Å². The minimum atomic E-state index is 0.770. The van der Waals surface area contributed by atoms with Gasteiger partial charge in [0.15, 0.2) is 5.89 Å². The van der Waals surface area contributed by atoms with E-state index in [-0.39, 0.29) is 0 Å². The number of hydrogen-bond acceptors (Lipinski definition) is 4. The molecule has 0 aliphatic rings. The lowest BCUT2D eigenvalue weighted by atomic mass is 10.3. The third-order valence-electron chi connectivity index (χ3n) is 1.96. The van der Waals surface area contributed by atoms with Gasteiger partial charge in [0.1, 0.15) is 5.76 Å². The van der Waals surface area contributed by atoms with E-state index in [4.69, 9.17) is 9.15 Å². The second-order valence-corrected chi connectivity index (χ2v) is 3.17. The van der Waals surface area contributed by atoms with Crippen LogP contribution >= 0.6 is 0 Å². The first-order chi connectivity index (χ1) is 6.86. The smallest absolute Gasteiger partial charge is 0.195 e. The predicted octanol–water partition coefficient (Wildman–Crippen LogP) is 1.02. The third-order valence-corrected chi connectivity index (χ3v) is 1.96. The number of hydrogen-bond donors (Lipinski definition) is 1. The topological polar surface area (TPSA) is 47.3 Å². The first-order valence-corrected chi connectivity index (χ1v) is 4.94. The number of aromatic nitrogens is 1. The molecule has 0 radical (unpaired) electrons. The summed E-state index contributed by atoms with van der Waals surface area (Å²) in [5.41, 5.74) is 0. The van der Waals surface area contributed by atoms with Gasteiger partial charge in [0, 0.05) is 33.1 Å². The van der Waals surface area contributed by atoms with Crippen LogP contribution in [-0.4, -0.2) is 32.3 Å². The van der Waals surface area contributed by atoms with Crippen molar-refractivity contribution < 1.29 is 9.15 Å². The molecule has 0 bridgehead atoms. The van der Waals surface area contributed by atoms with Crippen LogP contribution in [0.4, 0.5) is 0 Å². The Bertz CT molecular complexity index is 248. The highest BCUT2D eigenvalue weighted by Gasteiger charge is 2.02. The lowest BCUT2D eigenvalue weighted by molar-refractivity contribution is 0.193. The first kappa shape index (κ1) is 11.2. The molecule has 0 saturated heterocycles. The third kappa shape index (κ3) is 3.89. The van der Waals surface area contributed by atoms with Gasteiger partial charge in [-0.3, -0.25) is 0 Å². The highest BCUT2D eigenvalue weighted by atomic mass is 16.5. The molecule has 0 spiro atoms. The van der Waals surface area contributed by atoms with Gasteiger partial charge in [-0.25, -0.2) is 4.98 Å². The first-order valence-electron chi connectivity index (χ1n) is 4.94. The van der Waals surface area contributed by atoms with Gasteiger partial charge in [-0.2, -0.15) is 0 Å². The van der Waals surface area contributed by atoms with Gasteiger partial charge < -0.3 is 14.5 Å². The number of rotatable bonds is 7. The molecule has 0 saturated carbocycles. The van der Waals surface area contributed by atoms with E-state index < -0.39 is 0 Å². The molecule has 0 aromatic carbocycles. The lowest BCUT2D eigenvalue weighted by Crippen LogP contribution is -2.10. The molecule has 1 N–H and O–H groups in total. The molecule has 1 aromatic rings. The Hall–Kier alpha value is -0.870. The average Bonchev–Trinajstić information content (AvgIpc) is 2.63. The van der Waals surface area contributed by atoms with E-state index in [1.807, 2.05) is 7.05 Å². The monoisotopic (exact) mass is 198 g/mol. The zero-order valence-electron chi connectivity index (χ0n) is 8.88. The number of likely N-dealkylation sites (N-methyl/N-ethyl adjacent to an activating group) is 1. The van der Waals surface area contributed by atoms with E-state index in [9.17, 15) is 0 Å². The molecule has 4 heteroatoms. The fourth-order valence-electron chi connectivity index (χ4n) is 1.20. The highest BCUT2D eigenvalue weighted by Crippen LogP contribution is 2.06. The van der Waals surface area contributed by atoms with E-state index in [1.54, 1.807) is 13.3 Å². The van der Waals surface area contributed by atoms with Crippen LogP contribution in [0.3, 0.4) is 0 Å². The molecular formula is C10H18N2O2. The predicted molar refractivity (Wildman–Crippen MR) is 54.3 cm³/mol. The van der Waals surface area contributed by atoms with Crippen LogP contribution in [0.25, 0.3) is 0 Å². The van der Waals surface area contributed by atoms with Crippen molar-refractivity contribution in [2.24, 2.45) is 0 Å². The van der Waals surface area contributed by atoms with Crippen LogP contribution in [0.15, 0.2) is 10.6 Å². The largest absolute Gasteiger partial charge is 0.446 e. The summed E-state index contributed by atoms with van der Waals surface area (Å²) in [6, 6.07) is 0. The maximum atomic E-state index is 5.53. The van der Waals surface area contributed by atoms with Crippen molar-refractivity contribution in [3.63, 3.8) is 0 Å². The molecule has 1 heterocycles. The van der Waals surface area contributed by atoms with Crippen molar-refractivity contribution >= 4 is 0 Å². The molecule has 1 rings (SSSR count). The number of nitrogens with zero attached hydrogens (tertiary/aromatic N) is 1. The van der Waals surface area contributed by atoms with Crippen molar-refractivity contribution in [2.75, 3.05) is 27.3 Å². The zero-order chi connectivity index (χ0) is 10.2. The molecule has 0 atom stereocenters. The normalized spacial score (nSPS) is 10.7. The molecule has 0 aliphatic heterocycles. The Morgan fingerprint density at radius 3 is 3.07 bits per heavy atom. The summed E-state index contributed by atoms with van der Waals surface area (Å²) in [5.74, 6) is 1.76. The average molecular weight is 198 g/mol. The van der Waals surface area contributed by atoms with Crippen LogP contribution in [0.5, 0.6) is 0 Å².